The Morgan fingerprint density at radius 2 is 2.12 bits per heavy atom. The van der Waals surface area contributed by atoms with E-state index in [9.17, 15) is 0 Å². The Kier molecular flexibility index (Phi) is 2.33. The zero-order valence-electron chi connectivity index (χ0n) is 4.90. The summed E-state index contributed by atoms with van der Waals surface area (Å²) in [5, 5.41) is 3.07. The predicted molar refractivity (Wildman–Crippen MR) is 37.1 cm³/mol. The van der Waals surface area contributed by atoms with Crippen molar-refractivity contribution in [2.24, 2.45) is 0 Å². The minimum absolute atomic E-state index is 0. The summed E-state index contributed by atoms with van der Waals surface area (Å²) in [5.41, 5.74) is 0.111. The van der Waals surface area contributed by atoms with Gasteiger partial charge in [0.15, 0.2) is 0 Å². The maximum atomic E-state index is 5.17. The summed E-state index contributed by atoms with van der Waals surface area (Å²) >= 11 is 0. The highest BCUT2D eigenvalue weighted by Crippen LogP contribution is 2.33. The fraction of sp³-hybridized carbons (Fsp3) is 0.667. The predicted octanol–water partition coefficient (Wildman–Crippen LogP) is 0.793. The summed E-state index contributed by atoms with van der Waals surface area (Å²) in [6.07, 6.45) is 7.47. The minimum atomic E-state index is 0. The molecule has 1 aliphatic rings. The Balaban J connectivity index is 0.000000490. The summed E-state index contributed by atoms with van der Waals surface area (Å²) in [5.74, 6) is 2.69. The third kappa shape index (κ3) is 1.15. The van der Waals surface area contributed by atoms with Crippen LogP contribution in [0, 0.1) is 12.3 Å². The van der Waals surface area contributed by atoms with Gasteiger partial charge in [-0.15, -0.1) is 18.8 Å². The molecule has 0 bridgehead atoms. The zero-order chi connectivity index (χ0) is 5.33. The van der Waals surface area contributed by atoms with E-state index >= 15 is 0 Å². The van der Waals surface area contributed by atoms with E-state index in [0.29, 0.717) is 0 Å². The highest BCUT2D eigenvalue weighted by Gasteiger charge is 2.38. The van der Waals surface area contributed by atoms with Crippen molar-refractivity contribution in [1.82, 2.24) is 5.32 Å². The van der Waals surface area contributed by atoms with Crippen LogP contribution in [0.4, 0.5) is 0 Å². The average molecular weight is 132 g/mol. The maximum Gasteiger partial charge on any atom is 0.0797 e. The Morgan fingerprint density at radius 1 is 1.62 bits per heavy atom. The van der Waals surface area contributed by atoms with Crippen molar-refractivity contribution in [3.8, 4) is 12.3 Å². The van der Waals surface area contributed by atoms with Crippen LogP contribution >= 0.6 is 12.4 Å². The first-order chi connectivity index (χ1) is 3.33. The highest BCUT2D eigenvalue weighted by atomic mass is 35.5. The number of terminal acetylenes is 1. The average Bonchev–Trinajstić information content (AvgIpc) is 2.46. The molecule has 0 aromatic heterocycles. The van der Waals surface area contributed by atoms with Gasteiger partial charge in [-0.1, -0.05) is 5.92 Å². The molecule has 0 aliphatic heterocycles. The molecule has 2 heteroatoms. The van der Waals surface area contributed by atoms with E-state index in [1.807, 2.05) is 7.05 Å². The third-order valence-electron chi connectivity index (χ3n) is 1.50. The second-order valence-corrected chi connectivity index (χ2v) is 1.98. The summed E-state index contributed by atoms with van der Waals surface area (Å²) in [6, 6.07) is 0. The van der Waals surface area contributed by atoms with E-state index in [0.717, 1.165) is 12.8 Å². The zero-order valence-corrected chi connectivity index (χ0v) is 5.72. The van der Waals surface area contributed by atoms with Crippen molar-refractivity contribution >= 4 is 12.4 Å². The Bertz CT molecular complexity index is 110. The third-order valence-corrected chi connectivity index (χ3v) is 1.50. The molecule has 46 valence electrons. The molecule has 0 spiro atoms. The topological polar surface area (TPSA) is 12.0 Å². The van der Waals surface area contributed by atoms with Gasteiger partial charge in [0.05, 0.1) is 5.54 Å². The molecule has 0 aromatic rings. The van der Waals surface area contributed by atoms with Crippen LogP contribution in [0.5, 0.6) is 0 Å². The lowest BCUT2D eigenvalue weighted by Crippen LogP contribution is -2.24. The van der Waals surface area contributed by atoms with Crippen LogP contribution in [-0.4, -0.2) is 12.6 Å². The Labute approximate surface area is 56.3 Å². The van der Waals surface area contributed by atoms with Crippen LogP contribution in [-0.2, 0) is 0 Å². The molecule has 0 atom stereocenters. The number of nitrogens with one attached hydrogen (secondary N) is 1. The normalized spacial score (nSPS) is 20.5. The molecule has 0 unspecified atom stereocenters. The smallest absolute Gasteiger partial charge is 0.0797 e. The van der Waals surface area contributed by atoms with Gasteiger partial charge in [-0.05, 0) is 19.9 Å². The molecule has 1 nitrogen and oxygen atoms in total. The van der Waals surface area contributed by atoms with Crippen molar-refractivity contribution in [3.05, 3.63) is 0 Å². The molecule has 1 saturated carbocycles. The van der Waals surface area contributed by atoms with Crippen LogP contribution in [0.3, 0.4) is 0 Å². The van der Waals surface area contributed by atoms with E-state index in [4.69, 9.17) is 6.42 Å². The lowest BCUT2D eigenvalue weighted by atomic mass is 10.3. The molecule has 0 saturated heterocycles. The first-order valence-electron chi connectivity index (χ1n) is 2.50. The largest absolute Gasteiger partial charge is 0.304 e. The monoisotopic (exact) mass is 131 g/mol. The highest BCUT2D eigenvalue weighted by molar-refractivity contribution is 5.85. The number of halogens is 1. The molecule has 1 fully saturated rings. The molecule has 1 aliphatic carbocycles. The fourth-order valence-corrected chi connectivity index (χ4v) is 0.592. The summed E-state index contributed by atoms with van der Waals surface area (Å²) in [6.45, 7) is 0. The van der Waals surface area contributed by atoms with Crippen LogP contribution in [0.1, 0.15) is 12.8 Å². The van der Waals surface area contributed by atoms with Gasteiger partial charge >= 0.3 is 0 Å². The van der Waals surface area contributed by atoms with Gasteiger partial charge in [0.2, 0.25) is 0 Å². The van der Waals surface area contributed by atoms with Crippen molar-refractivity contribution in [2.45, 2.75) is 18.4 Å². The van der Waals surface area contributed by atoms with E-state index in [1.54, 1.807) is 0 Å². The van der Waals surface area contributed by atoms with Crippen LogP contribution in [0.2, 0.25) is 0 Å². The van der Waals surface area contributed by atoms with Gasteiger partial charge in [-0.3, -0.25) is 0 Å². The molecule has 0 amide bonds. The van der Waals surface area contributed by atoms with Crippen molar-refractivity contribution in [2.75, 3.05) is 7.05 Å². The molecule has 0 heterocycles. The van der Waals surface area contributed by atoms with Gasteiger partial charge in [-0.2, -0.15) is 0 Å². The first-order valence-corrected chi connectivity index (χ1v) is 2.50. The van der Waals surface area contributed by atoms with Gasteiger partial charge in [0.25, 0.3) is 0 Å². The summed E-state index contributed by atoms with van der Waals surface area (Å²) in [4.78, 5) is 0. The van der Waals surface area contributed by atoms with Crippen molar-refractivity contribution in [1.29, 1.82) is 0 Å². The van der Waals surface area contributed by atoms with E-state index < -0.39 is 0 Å². The van der Waals surface area contributed by atoms with Crippen molar-refractivity contribution in [3.63, 3.8) is 0 Å². The summed E-state index contributed by atoms with van der Waals surface area (Å²) < 4.78 is 0. The van der Waals surface area contributed by atoms with E-state index in [-0.39, 0.29) is 17.9 Å². The minimum Gasteiger partial charge on any atom is -0.304 e. The van der Waals surface area contributed by atoms with Crippen LogP contribution < -0.4 is 5.32 Å². The van der Waals surface area contributed by atoms with E-state index in [2.05, 4.69) is 11.2 Å². The van der Waals surface area contributed by atoms with Gasteiger partial charge in [0, 0.05) is 0 Å². The molecular weight excluding hydrogens is 122 g/mol. The summed E-state index contributed by atoms with van der Waals surface area (Å²) in [7, 11) is 1.91. The van der Waals surface area contributed by atoms with Gasteiger partial charge in [-0.25, -0.2) is 0 Å². The molecule has 8 heavy (non-hydrogen) atoms. The molecule has 0 aromatic carbocycles. The Hall–Kier alpha value is -0.190. The number of hydrogen-bond donors (Lipinski definition) is 1. The lowest BCUT2D eigenvalue weighted by Gasteiger charge is -2.00. The Morgan fingerprint density at radius 3 is 2.12 bits per heavy atom. The second kappa shape index (κ2) is 2.39. The second-order valence-electron chi connectivity index (χ2n) is 1.98. The van der Waals surface area contributed by atoms with Crippen LogP contribution in [0.15, 0.2) is 0 Å². The van der Waals surface area contributed by atoms with Gasteiger partial charge in [0.1, 0.15) is 0 Å². The number of rotatable bonds is 1. The molecular formula is C6H10ClN. The molecule has 1 N–H and O–H groups in total. The first kappa shape index (κ1) is 7.81. The number of hydrogen-bond acceptors (Lipinski definition) is 1. The lowest BCUT2D eigenvalue weighted by molar-refractivity contribution is 0.693. The SMILES string of the molecule is C#CC1(NC)CC1.Cl. The fourth-order valence-electron chi connectivity index (χ4n) is 0.592. The molecule has 0 radical (unpaired) electrons. The quantitative estimate of drug-likeness (QED) is 0.519. The molecule has 1 rings (SSSR count). The van der Waals surface area contributed by atoms with Crippen molar-refractivity contribution < 1.29 is 0 Å². The van der Waals surface area contributed by atoms with E-state index in [1.165, 1.54) is 0 Å². The maximum absolute atomic E-state index is 5.17. The van der Waals surface area contributed by atoms with Gasteiger partial charge < -0.3 is 5.32 Å². The van der Waals surface area contributed by atoms with Crippen LogP contribution in [0.25, 0.3) is 0 Å². The standard InChI is InChI=1S/C6H9N.ClH/c1-3-6(7-2)4-5-6;/h1,7H,4-5H2,2H3;1H.